The number of hydrogen-bond donors (Lipinski definition) is 0. The van der Waals surface area contributed by atoms with Crippen molar-refractivity contribution in [2.24, 2.45) is 0 Å². The molecular formula is C23H7F5N2O2. The van der Waals surface area contributed by atoms with Gasteiger partial charge in [0.2, 0.25) is 5.82 Å². The highest BCUT2D eigenvalue weighted by Crippen LogP contribution is 2.23. The molecule has 0 aromatic heterocycles. The zero-order valence-electron chi connectivity index (χ0n) is 15.6. The minimum Gasteiger partial charge on any atom is -0.258 e. The van der Waals surface area contributed by atoms with Crippen molar-refractivity contribution in [3.8, 4) is 29.8 Å². The van der Waals surface area contributed by atoms with Gasteiger partial charge < -0.3 is 0 Å². The molecule has 0 saturated heterocycles. The molecule has 0 spiro atoms. The molecule has 3 rings (SSSR count). The van der Waals surface area contributed by atoms with E-state index in [-0.39, 0.29) is 11.1 Å². The number of rotatable bonds is 1. The second-order valence-corrected chi connectivity index (χ2v) is 6.12. The van der Waals surface area contributed by atoms with Gasteiger partial charge in [0.25, 0.3) is 5.69 Å². The maximum atomic E-state index is 13.7. The predicted molar refractivity (Wildman–Crippen MR) is 102 cm³/mol. The molecule has 0 bridgehead atoms. The third kappa shape index (κ3) is 4.40. The average Bonchev–Trinajstić information content (AvgIpc) is 2.80. The van der Waals surface area contributed by atoms with Gasteiger partial charge in [-0.15, -0.1) is 0 Å². The summed E-state index contributed by atoms with van der Waals surface area (Å²) in [5.74, 6) is -1.52. The Hall–Kier alpha value is -4.68. The first-order chi connectivity index (χ1) is 15.2. The standard InChI is InChI=1S/C23H7F5N2O2/c24-19-17(20(25)22(27)23(28)21(19)26)10-7-14-6-9-16(18(11-14)30(31)32)8-5-13-1-3-15(12-29)4-2-13/h1-4,6,9,11H. The molecule has 0 saturated carbocycles. The molecule has 3 aromatic carbocycles. The van der Waals surface area contributed by atoms with Gasteiger partial charge in [-0.3, -0.25) is 10.1 Å². The number of halogens is 5. The highest BCUT2D eigenvalue weighted by atomic mass is 19.2. The third-order valence-corrected chi connectivity index (χ3v) is 4.09. The minimum atomic E-state index is -2.31. The van der Waals surface area contributed by atoms with Crippen LogP contribution in [-0.4, -0.2) is 4.92 Å². The fraction of sp³-hybridized carbons (Fsp3) is 0. The maximum Gasteiger partial charge on any atom is 0.286 e. The third-order valence-electron chi connectivity index (χ3n) is 4.09. The van der Waals surface area contributed by atoms with E-state index in [2.05, 4.69) is 17.8 Å². The topological polar surface area (TPSA) is 66.9 Å². The molecule has 3 aromatic rings. The van der Waals surface area contributed by atoms with E-state index in [1.807, 2.05) is 12.0 Å². The van der Waals surface area contributed by atoms with Gasteiger partial charge in [0, 0.05) is 17.2 Å². The Morgan fingerprint density at radius 3 is 1.75 bits per heavy atom. The van der Waals surface area contributed by atoms with Crippen molar-refractivity contribution in [2.45, 2.75) is 0 Å². The highest BCUT2D eigenvalue weighted by molar-refractivity contribution is 5.58. The Kier molecular flexibility index (Phi) is 6.19. The molecule has 0 fully saturated rings. The van der Waals surface area contributed by atoms with E-state index < -0.39 is 45.3 Å². The Morgan fingerprint density at radius 2 is 1.19 bits per heavy atom. The van der Waals surface area contributed by atoms with Crippen molar-refractivity contribution in [1.82, 2.24) is 0 Å². The predicted octanol–water partition coefficient (Wildman–Crippen LogP) is 4.96. The van der Waals surface area contributed by atoms with Crippen LogP contribution in [0.15, 0.2) is 42.5 Å². The Bertz CT molecular complexity index is 1390. The van der Waals surface area contributed by atoms with Gasteiger partial charge in [0.1, 0.15) is 11.1 Å². The molecule has 0 aliphatic rings. The molecular weight excluding hydrogens is 431 g/mol. The van der Waals surface area contributed by atoms with Crippen LogP contribution in [-0.2, 0) is 0 Å². The van der Waals surface area contributed by atoms with Crippen LogP contribution in [0.3, 0.4) is 0 Å². The summed E-state index contributed by atoms with van der Waals surface area (Å²) in [6, 6.07) is 11.5. The van der Waals surface area contributed by atoms with Crippen LogP contribution in [0.25, 0.3) is 0 Å². The second-order valence-electron chi connectivity index (χ2n) is 6.12. The summed E-state index contributed by atoms with van der Waals surface area (Å²) in [5, 5.41) is 20.1. The zero-order valence-corrected chi connectivity index (χ0v) is 15.6. The molecule has 0 aliphatic carbocycles. The Morgan fingerprint density at radius 1 is 0.688 bits per heavy atom. The van der Waals surface area contributed by atoms with Crippen LogP contribution in [0.5, 0.6) is 0 Å². The molecule has 156 valence electrons. The van der Waals surface area contributed by atoms with E-state index >= 15 is 0 Å². The number of nitro groups is 1. The molecule has 4 nitrogen and oxygen atoms in total. The summed E-state index contributed by atoms with van der Waals surface area (Å²) in [4.78, 5) is 10.6. The summed E-state index contributed by atoms with van der Waals surface area (Å²) in [6.07, 6.45) is 0. The Balaban J connectivity index is 2.00. The fourth-order valence-corrected chi connectivity index (χ4v) is 2.48. The van der Waals surface area contributed by atoms with Gasteiger partial charge >= 0.3 is 0 Å². The van der Waals surface area contributed by atoms with Gasteiger partial charge in [0.05, 0.1) is 16.6 Å². The quantitative estimate of drug-likeness (QED) is 0.135. The number of nitrogens with zero attached hydrogens (tertiary/aromatic N) is 2. The van der Waals surface area contributed by atoms with Crippen LogP contribution in [0.1, 0.15) is 27.8 Å². The molecule has 0 unspecified atom stereocenters. The van der Waals surface area contributed by atoms with Crippen LogP contribution < -0.4 is 0 Å². The monoisotopic (exact) mass is 438 g/mol. The maximum absolute atomic E-state index is 13.7. The summed E-state index contributed by atoms with van der Waals surface area (Å²) in [5.41, 5.74) is -1.03. The molecule has 32 heavy (non-hydrogen) atoms. The van der Waals surface area contributed by atoms with E-state index in [0.717, 1.165) is 6.07 Å². The molecule has 0 aliphatic heterocycles. The number of hydrogen-bond acceptors (Lipinski definition) is 3. The lowest BCUT2D eigenvalue weighted by Crippen LogP contribution is -2.04. The summed E-state index contributed by atoms with van der Waals surface area (Å²) < 4.78 is 67.1. The number of nitro benzene ring substituents is 1. The molecule has 0 N–H and O–H groups in total. The lowest BCUT2D eigenvalue weighted by atomic mass is 10.1. The van der Waals surface area contributed by atoms with Gasteiger partial charge in [-0.05, 0) is 36.4 Å². The molecule has 9 heteroatoms. The number of nitriles is 1. The van der Waals surface area contributed by atoms with Gasteiger partial charge in [0.15, 0.2) is 23.3 Å². The zero-order chi connectivity index (χ0) is 23.4. The molecule has 0 heterocycles. The molecule has 0 radical (unpaired) electrons. The van der Waals surface area contributed by atoms with Crippen molar-refractivity contribution in [2.75, 3.05) is 0 Å². The normalized spacial score (nSPS) is 9.75. The first kappa shape index (κ1) is 22.0. The van der Waals surface area contributed by atoms with Crippen molar-refractivity contribution in [1.29, 1.82) is 5.26 Å². The molecule has 0 amide bonds. The van der Waals surface area contributed by atoms with Crippen LogP contribution in [0, 0.1) is 74.2 Å². The lowest BCUT2D eigenvalue weighted by Gasteiger charge is -2.02. The largest absolute Gasteiger partial charge is 0.286 e. The number of benzene rings is 3. The van der Waals surface area contributed by atoms with Crippen molar-refractivity contribution in [3.05, 3.63) is 109 Å². The lowest BCUT2D eigenvalue weighted by molar-refractivity contribution is -0.385. The second kappa shape index (κ2) is 8.99. The van der Waals surface area contributed by atoms with Crippen molar-refractivity contribution < 1.29 is 26.9 Å². The van der Waals surface area contributed by atoms with Crippen LogP contribution in [0.2, 0.25) is 0 Å². The summed E-state index contributed by atoms with van der Waals surface area (Å²) in [7, 11) is 0. The smallest absolute Gasteiger partial charge is 0.258 e. The average molecular weight is 438 g/mol. The SMILES string of the molecule is N#Cc1ccc(C#Cc2ccc(C#Cc3c(F)c(F)c(F)c(F)c3F)cc2[N+](=O)[O-])cc1. The van der Waals surface area contributed by atoms with E-state index in [1.165, 1.54) is 24.3 Å². The summed E-state index contributed by atoms with van der Waals surface area (Å²) in [6.45, 7) is 0. The van der Waals surface area contributed by atoms with Gasteiger partial charge in [-0.25, -0.2) is 22.0 Å². The van der Waals surface area contributed by atoms with E-state index in [9.17, 15) is 32.1 Å². The molecule has 0 atom stereocenters. The van der Waals surface area contributed by atoms with E-state index in [0.29, 0.717) is 11.1 Å². The van der Waals surface area contributed by atoms with Crippen LogP contribution in [0.4, 0.5) is 27.6 Å². The summed E-state index contributed by atoms with van der Waals surface area (Å²) >= 11 is 0. The van der Waals surface area contributed by atoms with Crippen LogP contribution >= 0.6 is 0 Å². The van der Waals surface area contributed by atoms with E-state index in [4.69, 9.17) is 5.26 Å². The Labute approximate surface area is 177 Å². The highest BCUT2D eigenvalue weighted by Gasteiger charge is 2.24. The first-order valence-electron chi connectivity index (χ1n) is 8.57. The first-order valence-corrected chi connectivity index (χ1v) is 8.57. The van der Waals surface area contributed by atoms with E-state index in [1.54, 1.807) is 12.1 Å². The van der Waals surface area contributed by atoms with Gasteiger partial charge in [-0.1, -0.05) is 23.7 Å². The van der Waals surface area contributed by atoms with Crippen molar-refractivity contribution >= 4 is 5.69 Å². The van der Waals surface area contributed by atoms with Crippen molar-refractivity contribution in [3.63, 3.8) is 0 Å². The minimum absolute atomic E-state index is 0.00106. The fourth-order valence-electron chi connectivity index (χ4n) is 2.48. The van der Waals surface area contributed by atoms with Gasteiger partial charge in [-0.2, -0.15) is 5.26 Å².